The van der Waals surface area contributed by atoms with Crippen molar-refractivity contribution in [1.82, 2.24) is 14.7 Å². The van der Waals surface area contributed by atoms with Crippen LogP contribution in [0, 0.1) is 11.8 Å². The summed E-state index contributed by atoms with van der Waals surface area (Å²) in [4.78, 5) is 19.4. The lowest BCUT2D eigenvalue weighted by molar-refractivity contribution is -0.131. The van der Waals surface area contributed by atoms with Crippen molar-refractivity contribution in [2.45, 2.75) is 69.0 Å². The SMILES string of the molecule is COc1ccc(CN(C)CC2(N(C=O)CC3CCC3)CCC(C3C=C(F)C=CC3)(N(C)C)CC2)cc1. The summed E-state index contributed by atoms with van der Waals surface area (Å²) in [5.74, 6) is 1.52. The maximum Gasteiger partial charge on any atom is 0.210 e. The van der Waals surface area contributed by atoms with Crippen LogP contribution in [-0.2, 0) is 11.3 Å². The monoisotopic (exact) mass is 497 g/mol. The Morgan fingerprint density at radius 2 is 1.78 bits per heavy atom. The molecule has 2 saturated carbocycles. The molecule has 3 aliphatic rings. The van der Waals surface area contributed by atoms with Gasteiger partial charge in [-0.2, -0.15) is 0 Å². The van der Waals surface area contributed by atoms with Crippen LogP contribution in [0.25, 0.3) is 0 Å². The Morgan fingerprint density at radius 1 is 1.08 bits per heavy atom. The number of rotatable bonds is 11. The molecule has 5 nitrogen and oxygen atoms in total. The second-order valence-electron chi connectivity index (χ2n) is 11.6. The second-order valence-corrected chi connectivity index (χ2v) is 11.6. The Hall–Kier alpha value is -2.18. The lowest BCUT2D eigenvalue weighted by atomic mass is 9.64. The quantitative estimate of drug-likeness (QED) is 0.382. The summed E-state index contributed by atoms with van der Waals surface area (Å²) >= 11 is 0. The fourth-order valence-electron chi connectivity index (χ4n) is 6.75. The molecular formula is C30H44FN3O2. The summed E-state index contributed by atoms with van der Waals surface area (Å²) in [5.41, 5.74) is 0.939. The smallest absolute Gasteiger partial charge is 0.210 e. The van der Waals surface area contributed by atoms with E-state index in [-0.39, 0.29) is 22.8 Å². The van der Waals surface area contributed by atoms with Crippen molar-refractivity contribution in [3.05, 3.63) is 53.9 Å². The topological polar surface area (TPSA) is 36.0 Å². The maximum atomic E-state index is 14.3. The third-order valence-electron chi connectivity index (χ3n) is 9.25. The number of allylic oxidation sites excluding steroid dienone is 3. The first kappa shape index (κ1) is 26.9. The van der Waals surface area contributed by atoms with E-state index in [1.165, 1.54) is 24.8 Å². The Bertz CT molecular complexity index is 930. The zero-order valence-corrected chi connectivity index (χ0v) is 22.6. The molecule has 0 aromatic heterocycles. The zero-order valence-electron chi connectivity index (χ0n) is 22.6. The number of carbonyl (C=O) groups excluding carboxylic acids is 1. The number of carbonyl (C=O) groups is 1. The molecule has 2 fully saturated rings. The maximum absolute atomic E-state index is 14.3. The van der Waals surface area contributed by atoms with E-state index in [1.54, 1.807) is 13.2 Å². The molecular weight excluding hydrogens is 453 g/mol. The molecule has 6 heteroatoms. The Kier molecular flexibility index (Phi) is 8.56. The Labute approximate surface area is 217 Å². The molecule has 1 unspecified atom stereocenters. The number of amides is 1. The van der Waals surface area contributed by atoms with Crippen molar-refractivity contribution in [3.8, 4) is 5.75 Å². The molecule has 0 radical (unpaired) electrons. The van der Waals surface area contributed by atoms with Crippen LogP contribution in [0.3, 0.4) is 0 Å². The number of benzene rings is 1. The minimum atomic E-state index is -0.204. The van der Waals surface area contributed by atoms with E-state index in [9.17, 15) is 9.18 Å². The summed E-state index contributed by atoms with van der Waals surface area (Å²) in [6.45, 7) is 2.51. The van der Waals surface area contributed by atoms with Crippen LogP contribution in [0.5, 0.6) is 5.75 Å². The van der Waals surface area contributed by atoms with Gasteiger partial charge in [-0.3, -0.25) is 9.69 Å². The van der Waals surface area contributed by atoms with Gasteiger partial charge in [-0.1, -0.05) is 24.6 Å². The van der Waals surface area contributed by atoms with Crippen LogP contribution in [0.15, 0.2) is 48.3 Å². The van der Waals surface area contributed by atoms with Gasteiger partial charge < -0.3 is 14.5 Å². The fourth-order valence-corrected chi connectivity index (χ4v) is 6.75. The van der Waals surface area contributed by atoms with Crippen LogP contribution in [0.1, 0.15) is 56.9 Å². The van der Waals surface area contributed by atoms with Crippen LogP contribution in [0.4, 0.5) is 4.39 Å². The Morgan fingerprint density at radius 3 is 2.31 bits per heavy atom. The van der Waals surface area contributed by atoms with Crippen molar-refractivity contribution < 1.29 is 13.9 Å². The number of hydrogen-bond acceptors (Lipinski definition) is 4. The van der Waals surface area contributed by atoms with Gasteiger partial charge in [0.2, 0.25) is 6.41 Å². The van der Waals surface area contributed by atoms with E-state index in [1.807, 2.05) is 24.3 Å². The van der Waals surface area contributed by atoms with Gasteiger partial charge >= 0.3 is 0 Å². The van der Waals surface area contributed by atoms with Crippen molar-refractivity contribution in [3.63, 3.8) is 0 Å². The van der Waals surface area contributed by atoms with E-state index in [4.69, 9.17) is 4.74 Å². The molecule has 3 aliphatic carbocycles. The van der Waals surface area contributed by atoms with Crippen LogP contribution < -0.4 is 4.74 Å². The van der Waals surface area contributed by atoms with Gasteiger partial charge in [0.05, 0.1) is 12.6 Å². The summed E-state index contributed by atoms with van der Waals surface area (Å²) in [7, 11) is 8.12. The van der Waals surface area contributed by atoms with Gasteiger partial charge in [-0.05, 0) is 102 Å². The first-order valence-electron chi connectivity index (χ1n) is 13.5. The molecule has 0 bridgehead atoms. The molecule has 0 saturated heterocycles. The summed E-state index contributed by atoms with van der Waals surface area (Å²) in [5, 5.41) is 0. The van der Waals surface area contributed by atoms with Gasteiger partial charge in [-0.15, -0.1) is 0 Å². The van der Waals surface area contributed by atoms with E-state index >= 15 is 0 Å². The Balaban J connectivity index is 1.54. The van der Waals surface area contributed by atoms with Crippen LogP contribution in [-0.4, -0.2) is 73.5 Å². The first-order valence-corrected chi connectivity index (χ1v) is 13.5. The highest BCUT2D eigenvalue weighted by Gasteiger charge is 2.50. The molecule has 0 heterocycles. The van der Waals surface area contributed by atoms with E-state index in [2.05, 4.69) is 48.0 Å². The van der Waals surface area contributed by atoms with Gasteiger partial charge in [0, 0.05) is 31.1 Å². The van der Waals surface area contributed by atoms with E-state index < -0.39 is 0 Å². The van der Waals surface area contributed by atoms with Crippen molar-refractivity contribution in [2.75, 3.05) is 41.3 Å². The minimum Gasteiger partial charge on any atom is -0.497 e. The fraction of sp³-hybridized carbons (Fsp3) is 0.633. The number of ether oxygens (including phenoxy) is 1. The van der Waals surface area contributed by atoms with Gasteiger partial charge in [0.15, 0.2) is 0 Å². The predicted octanol–water partition coefficient (Wildman–Crippen LogP) is 5.43. The molecule has 4 rings (SSSR count). The third-order valence-corrected chi connectivity index (χ3v) is 9.25. The number of nitrogens with zero attached hydrogens (tertiary/aromatic N) is 3. The number of halogens is 1. The zero-order chi connectivity index (χ0) is 25.8. The summed E-state index contributed by atoms with van der Waals surface area (Å²) < 4.78 is 19.6. The van der Waals surface area contributed by atoms with Crippen LogP contribution in [0.2, 0.25) is 0 Å². The molecule has 0 aliphatic heterocycles. The van der Waals surface area contributed by atoms with Crippen molar-refractivity contribution in [2.24, 2.45) is 11.8 Å². The average molecular weight is 498 g/mol. The largest absolute Gasteiger partial charge is 0.497 e. The highest BCUT2D eigenvalue weighted by molar-refractivity contribution is 5.49. The van der Waals surface area contributed by atoms with E-state index in [0.29, 0.717) is 5.92 Å². The standard InChI is InChI=1S/C30H44FN3O2/c1-32(2)30(26-9-6-10-27(31)19-26)17-15-29(16-18-30,34(23-35)21-24-7-5-8-24)22-33(3)20-25-11-13-28(36-4)14-12-25/h6,10-14,19,23-24,26H,5,7-9,15-18,20-22H2,1-4H3. The molecule has 1 aromatic carbocycles. The number of hydrogen-bond donors (Lipinski definition) is 0. The molecule has 0 spiro atoms. The molecule has 1 atom stereocenters. The lowest BCUT2D eigenvalue weighted by Gasteiger charge is -2.56. The molecule has 0 N–H and O–H groups in total. The lowest BCUT2D eigenvalue weighted by Crippen LogP contribution is -2.63. The second kappa shape index (κ2) is 11.5. The highest BCUT2D eigenvalue weighted by atomic mass is 19.1. The minimum absolute atomic E-state index is 0.0921. The summed E-state index contributed by atoms with van der Waals surface area (Å²) in [6, 6.07) is 8.24. The average Bonchev–Trinajstić information content (AvgIpc) is 2.84. The molecule has 36 heavy (non-hydrogen) atoms. The third kappa shape index (κ3) is 5.70. The van der Waals surface area contributed by atoms with Gasteiger partial charge in [0.25, 0.3) is 0 Å². The first-order chi connectivity index (χ1) is 17.3. The van der Waals surface area contributed by atoms with Crippen molar-refractivity contribution >= 4 is 6.41 Å². The van der Waals surface area contributed by atoms with E-state index in [0.717, 1.165) is 63.9 Å². The van der Waals surface area contributed by atoms with Gasteiger partial charge in [0.1, 0.15) is 11.6 Å². The molecule has 1 amide bonds. The number of methoxy groups -OCH3 is 1. The summed E-state index contributed by atoms with van der Waals surface area (Å²) in [6.07, 6.45) is 14.9. The molecule has 198 valence electrons. The molecule has 1 aromatic rings. The highest BCUT2D eigenvalue weighted by Crippen LogP contribution is 2.48. The number of likely N-dealkylation sites (N-methyl/N-ethyl adjacent to an activating group) is 1. The van der Waals surface area contributed by atoms with Gasteiger partial charge in [-0.25, -0.2) is 4.39 Å². The predicted molar refractivity (Wildman–Crippen MR) is 143 cm³/mol. The normalized spacial score (nSPS) is 28.6. The van der Waals surface area contributed by atoms with Crippen molar-refractivity contribution in [1.29, 1.82) is 0 Å². The van der Waals surface area contributed by atoms with Crippen LogP contribution >= 0.6 is 0 Å².